The molecule has 0 saturated carbocycles. The molecule has 2 aromatic rings. The van der Waals surface area contributed by atoms with E-state index < -0.39 is 12.0 Å². The average Bonchev–Trinajstić information content (AvgIpc) is 2.90. The van der Waals surface area contributed by atoms with Crippen molar-refractivity contribution in [2.45, 2.75) is 31.9 Å². The van der Waals surface area contributed by atoms with Crippen LogP contribution in [0.2, 0.25) is 5.02 Å². The number of halogens is 1. The molecule has 1 aromatic heterocycles. The largest absolute Gasteiger partial charge is 0.508 e. The molecule has 0 aliphatic heterocycles. The van der Waals surface area contributed by atoms with Gasteiger partial charge in [-0.15, -0.1) is 0 Å². The fourth-order valence-corrected chi connectivity index (χ4v) is 2.36. The Labute approximate surface area is 133 Å². The monoisotopic (exact) mass is 323 g/mol. The molecule has 0 saturated heterocycles. The first kappa shape index (κ1) is 16.3. The second kappa shape index (κ2) is 7.29. The molecular weight excluding hydrogens is 306 g/mol. The standard InChI is InChI=1S/C15H18ClN3O3/c16-11-5-4-10(14(21)6-11)2-1-3-12(20)7-19-8-13(15(17)22)18-9-19/h4-6,8-9,12,20-21H,1-3,7H2,(H2,17,22)/t12-/m0/s1. The van der Waals surface area contributed by atoms with Crippen molar-refractivity contribution in [3.05, 3.63) is 47.0 Å². The van der Waals surface area contributed by atoms with E-state index in [1.807, 2.05) is 0 Å². The van der Waals surface area contributed by atoms with Gasteiger partial charge in [0.1, 0.15) is 11.4 Å². The third-order valence-corrected chi connectivity index (χ3v) is 3.57. The number of benzene rings is 1. The Hall–Kier alpha value is -2.05. The van der Waals surface area contributed by atoms with E-state index in [0.717, 1.165) is 5.56 Å². The van der Waals surface area contributed by atoms with E-state index in [-0.39, 0.29) is 11.4 Å². The maximum Gasteiger partial charge on any atom is 0.268 e. The van der Waals surface area contributed by atoms with Crippen molar-refractivity contribution >= 4 is 17.5 Å². The number of primary amides is 1. The number of phenolic OH excluding ortho intramolecular Hbond substituents is 1. The molecular formula is C15H18ClN3O3. The molecule has 0 unspecified atom stereocenters. The normalized spacial score (nSPS) is 12.3. The number of nitrogens with zero attached hydrogens (tertiary/aromatic N) is 2. The number of rotatable bonds is 7. The van der Waals surface area contributed by atoms with Gasteiger partial charge in [-0.3, -0.25) is 4.79 Å². The Balaban J connectivity index is 1.79. The smallest absolute Gasteiger partial charge is 0.268 e. The molecule has 0 aliphatic rings. The van der Waals surface area contributed by atoms with Crippen LogP contribution >= 0.6 is 11.6 Å². The molecule has 6 nitrogen and oxygen atoms in total. The Morgan fingerprint density at radius 3 is 2.86 bits per heavy atom. The molecule has 0 spiro atoms. The van der Waals surface area contributed by atoms with Crippen LogP contribution < -0.4 is 5.73 Å². The first-order valence-electron chi connectivity index (χ1n) is 6.92. The highest BCUT2D eigenvalue weighted by Crippen LogP contribution is 2.23. The number of carbonyl (C=O) groups excluding carboxylic acids is 1. The lowest BCUT2D eigenvalue weighted by Crippen LogP contribution is -2.15. The van der Waals surface area contributed by atoms with E-state index in [4.69, 9.17) is 17.3 Å². The van der Waals surface area contributed by atoms with Gasteiger partial charge < -0.3 is 20.5 Å². The van der Waals surface area contributed by atoms with Crippen LogP contribution in [-0.2, 0) is 13.0 Å². The number of phenols is 1. The molecule has 0 bridgehead atoms. The zero-order valence-corrected chi connectivity index (χ0v) is 12.7. The maximum absolute atomic E-state index is 10.9. The first-order valence-corrected chi connectivity index (χ1v) is 7.30. The van der Waals surface area contributed by atoms with E-state index in [2.05, 4.69) is 4.98 Å². The number of aromatic hydroxyl groups is 1. The predicted molar refractivity (Wildman–Crippen MR) is 82.8 cm³/mol. The lowest BCUT2D eigenvalue weighted by molar-refractivity contribution is 0.0995. The minimum Gasteiger partial charge on any atom is -0.508 e. The van der Waals surface area contributed by atoms with Crippen LogP contribution in [0, 0.1) is 0 Å². The number of hydrogen-bond donors (Lipinski definition) is 3. The lowest BCUT2D eigenvalue weighted by atomic mass is 10.0. The molecule has 1 atom stereocenters. The van der Waals surface area contributed by atoms with Gasteiger partial charge in [-0.1, -0.05) is 17.7 Å². The first-order chi connectivity index (χ1) is 10.5. The number of nitrogens with two attached hydrogens (primary N) is 1. The quantitative estimate of drug-likeness (QED) is 0.722. The minimum atomic E-state index is -0.591. The van der Waals surface area contributed by atoms with Crippen LogP contribution in [0.25, 0.3) is 0 Å². The molecule has 1 heterocycles. The van der Waals surface area contributed by atoms with Crippen molar-refractivity contribution < 1.29 is 15.0 Å². The summed E-state index contributed by atoms with van der Waals surface area (Å²) in [5.74, 6) is -0.422. The SMILES string of the molecule is NC(=O)c1cn(C[C@@H](O)CCCc2ccc(Cl)cc2O)cn1. The second-order valence-corrected chi connectivity index (χ2v) is 5.58. The van der Waals surface area contributed by atoms with E-state index in [1.54, 1.807) is 16.7 Å². The van der Waals surface area contributed by atoms with Gasteiger partial charge in [0.25, 0.3) is 5.91 Å². The summed E-state index contributed by atoms with van der Waals surface area (Å²) in [6.07, 6.45) is 4.34. The number of aromatic nitrogens is 2. The van der Waals surface area contributed by atoms with Gasteiger partial charge >= 0.3 is 0 Å². The topological polar surface area (TPSA) is 101 Å². The molecule has 0 radical (unpaired) electrons. The van der Waals surface area contributed by atoms with E-state index in [1.165, 1.54) is 18.6 Å². The molecule has 2 rings (SSSR count). The summed E-state index contributed by atoms with van der Waals surface area (Å²) >= 11 is 5.77. The Morgan fingerprint density at radius 1 is 1.45 bits per heavy atom. The average molecular weight is 324 g/mol. The number of aryl methyl sites for hydroxylation is 1. The number of imidazole rings is 1. The Bertz CT molecular complexity index is 657. The van der Waals surface area contributed by atoms with Gasteiger partial charge in [0.05, 0.1) is 12.4 Å². The van der Waals surface area contributed by atoms with E-state index >= 15 is 0 Å². The number of amides is 1. The summed E-state index contributed by atoms with van der Waals surface area (Å²) in [6, 6.07) is 5.01. The van der Waals surface area contributed by atoms with Crippen LogP contribution in [0.15, 0.2) is 30.7 Å². The number of aliphatic hydroxyl groups excluding tert-OH is 1. The van der Waals surface area contributed by atoms with Gasteiger partial charge in [0, 0.05) is 17.8 Å². The zero-order valence-electron chi connectivity index (χ0n) is 11.9. The number of carbonyl (C=O) groups is 1. The van der Waals surface area contributed by atoms with Gasteiger partial charge in [-0.25, -0.2) is 4.98 Å². The molecule has 0 fully saturated rings. The molecule has 7 heteroatoms. The van der Waals surface area contributed by atoms with Crippen LogP contribution in [-0.4, -0.2) is 31.8 Å². The molecule has 22 heavy (non-hydrogen) atoms. The van der Waals surface area contributed by atoms with Gasteiger partial charge in [0.15, 0.2) is 0 Å². The van der Waals surface area contributed by atoms with E-state index in [9.17, 15) is 15.0 Å². The molecule has 1 amide bonds. The van der Waals surface area contributed by atoms with Crippen LogP contribution in [0.1, 0.15) is 28.9 Å². The molecule has 0 aliphatic carbocycles. The molecule has 1 aromatic carbocycles. The predicted octanol–water partition coefficient (Wildman–Crippen LogP) is 1.72. The Morgan fingerprint density at radius 2 is 2.23 bits per heavy atom. The van der Waals surface area contributed by atoms with Crippen molar-refractivity contribution in [1.29, 1.82) is 0 Å². The van der Waals surface area contributed by atoms with Gasteiger partial charge in [0.2, 0.25) is 0 Å². The highest BCUT2D eigenvalue weighted by molar-refractivity contribution is 6.30. The van der Waals surface area contributed by atoms with Crippen LogP contribution in [0.5, 0.6) is 5.75 Å². The highest BCUT2D eigenvalue weighted by Gasteiger charge is 2.09. The van der Waals surface area contributed by atoms with Gasteiger partial charge in [-0.05, 0) is 37.0 Å². The van der Waals surface area contributed by atoms with Crippen LogP contribution in [0.3, 0.4) is 0 Å². The summed E-state index contributed by atoms with van der Waals surface area (Å²) in [7, 11) is 0. The number of hydrogen-bond acceptors (Lipinski definition) is 4. The van der Waals surface area contributed by atoms with Crippen LogP contribution in [0.4, 0.5) is 0 Å². The number of aliphatic hydroxyl groups is 1. The lowest BCUT2D eigenvalue weighted by Gasteiger charge is -2.11. The third-order valence-electron chi connectivity index (χ3n) is 3.34. The fourth-order valence-electron chi connectivity index (χ4n) is 2.20. The van der Waals surface area contributed by atoms with Crippen molar-refractivity contribution in [1.82, 2.24) is 9.55 Å². The van der Waals surface area contributed by atoms with Crippen molar-refractivity contribution in [2.75, 3.05) is 0 Å². The van der Waals surface area contributed by atoms with Crippen molar-refractivity contribution in [2.24, 2.45) is 5.73 Å². The third kappa shape index (κ3) is 4.47. The van der Waals surface area contributed by atoms with E-state index in [0.29, 0.717) is 30.8 Å². The maximum atomic E-state index is 10.9. The minimum absolute atomic E-state index is 0.169. The second-order valence-electron chi connectivity index (χ2n) is 5.14. The molecule has 118 valence electrons. The highest BCUT2D eigenvalue weighted by atomic mass is 35.5. The fraction of sp³-hybridized carbons (Fsp3) is 0.333. The van der Waals surface area contributed by atoms with Gasteiger partial charge in [-0.2, -0.15) is 0 Å². The van der Waals surface area contributed by atoms with Crippen molar-refractivity contribution in [3.63, 3.8) is 0 Å². The molecule has 4 N–H and O–H groups in total. The van der Waals surface area contributed by atoms with Crippen molar-refractivity contribution in [3.8, 4) is 5.75 Å². The summed E-state index contributed by atoms with van der Waals surface area (Å²) in [6.45, 7) is 0.340. The zero-order chi connectivity index (χ0) is 16.1. The summed E-state index contributed by atoms with van der Waals surface area (Å²) in [5.41, 5.74) is 6.10. The summed E-state index contributed by atoms with van der Waals surface area (Å²) < 4.78 is 1.63. The summed E-state index contributed by atoms with van der Waals surface area (Å²) in [5, 5.41) is 20.2. The summed E-state index contributed by atoms with van der Waals surface area (Å²) in [4.78, 5) is 14.8. The Kier molecular flexibility index (Phi) is 5.41.